The molecule has 264 valence electrons. The highest BCUT2D eigenvalue weighted by atomic mass is 16.5. The average Bonchev–Trinajstić information content (AvgIpc) is 3.16. The van der Waals surface area contributed by atoms with Crippen LogP contribution >= 0.6 is 0 Å². The first-order valence-electron chi connectivity index (χ1n) is 18.9. The Bertz CT molecular complexity index is 1960. The molecule has 4 nitrogen and oxygen atoms in total. The van der Waals surface area contributed by atoms with E-state index in [4.69, 9.17) is 4.74 Å². The Hall–Kier alpha value is -4.54. The number of phenols is 2. The highest BCUT2D eigenvalue weighted by molar-refractivity contribution is 5.76. The lowest BCUT2D eigenvalue weighted by molar-refractivity contribution is 0.0751. The summed E-state index contributed by atoms with van der Waals surface area (Å²) >= 11 is 0. The molecule has 2 aliphatic rings. The summed E-state index contributed by atoms with van der Waals surface area (Å²) in [6.07, 6.45) is 9.17. The van der Waals surface area contributed by atoms with Gasteiger partial charge >= 0.3 is 0 Å². The second-order valence-corrected chi connectivity index (χ2v) is 15.3. The number of methoxy groups -OCH3 is 1. The molecule has 3 atom stereocenters. The second-order valence-electron chi connectivity index (χ2n) is 15.3. The minimum Gasteiger partial charge on any atom is -0.507 e. The van der Waals surface area contributed by atoms with Gasteiger partial charge in [-0.3, -0.25) is 0 Å². The van der Waals surface area contributed by atoms with Gasteiger partial charge in [-0.2, -0.15) is 0 Å². The molecule has 0 bridgehead atoms. The normalized spacial score (nSPS) is 20.2. The van der Waals surface area contributed by atoms with E-state index in [1.807, 2.05) is 42.5 Å². The third-order valence-electron chi connectivity index (χ3n) is 12.1. The van der Waals surface area contributed by atoms with E-state index in [0.717, 1.165) is 102 Å². The van der Waals surface area contributed by atoms with Crippen LogP contribution in [0.5, 0.6) is 17.2 Å². The van der Waals surface area contributed by atoms with Gasteiger partial charge in [-0.05, 0) is 126 Å². The Morgan fingerprint density at radius 3 is 1.84 bits per heavy atom. The summed E-state index contributed by atoms with van der Waals surface area (Å²) in [5.41, 5.74) is 10.1. The molecule has 0 amide bonds. The summed E-state index contributed by atoms with van der Waals surface area (Å²) in [5, 5.41) is 34.4. The molecular weight excluding hydrogens is 629 g/mol. The zero-order chi connectivity index (χ0) is 35.5. The summed E-state index contributed by atoms with van der Waals surface area (Å²) in [5.74, 6) is 2.32. The Morgan fingerprint density at radius 1 is 0.686 bits per heavy atom. The predicted molar refractivity (Wildman–Crippen MR) is 208 cm³/mol. The van der Waals surface area contributed by atoms with Crippen LogP contribution in [0.3, 0.4) is 0 Å². The zero-order valence-corrected chi connectivity index (χ0v) is 30.4. The first kappa shape index (κ1) is 34.9. The Labute approximate surface area is 303 Å². The van der Waals surface area contributed by atoms with Crippen LogP contribution < -0.4 is 4.74 Å². The third-order valence-corrected chi connectivity index (χ3v) is 12.1. The number of aliphatic hydroxyl groups is 1. The van der Waals surface area contributed by atoms with Crippen LogP contribution in [0.1, 0.15) is 91.7 Å². The van der Waals surface area contributed by atoms with Crippen LogP contribution in [0, 0.1) is 18.8 Å². The summed E-state index contributed by atoms with van der Waals surface area (Å²) in [6.45, 7) is 4.36. The molecule has 3 N–H and O–H groups in total. The SMILES string of the molecule is COc1ccc(Cc2cc(C3(c4cc(CC5CCC(O)CC5C)c(O)c(-c5ccccc5)c4)CCCCC3)cc(-c3ccccc3)c2O)c(C)c1. The molecule has 5 aromatic rings. The van der Waals surface area contributed by atoms with Crippen molar-refractivity contribution in [1.29, 1.82) is 0 Å². The van der Waals surface area contributed by atoms with Gasteiger partial charge in [0.15, 0.2) is 0 Å². The number of benzene rings is 5. The van der Waals surface area contributed by atoms with Crippen LogP contribution in [0.2, 0.25) is 0 Å². The molecule has 2 saturated carbocycles. The van der Waals surface area contributed by atoms with Crippen molar-refractivity contribution in [2.24, 2.45) is 11.8 Å². The molecule has 4 heteroatoms. The van der Waals surface area contributed by atoms with E-state index in [1.54, 1.807) is 7.11 Å². The summed E-state index contributed by atoms with van der Waals surface area (Å²) in [7, 11) is 1.69. The Kier molecular flexibility index (Phi) is 10.2. The average molecular weight is 681 g/mol. The highest BCUT2D eigenvalue weighted by Crippen LogP contribution is 2.51. The van der Waals surface area contributed by atoms with E-state index >= 15 is 0 Å². The number of aromatic hydroxyl groups is 2. The molecule has 0 saturated heterocycles. The molecule has 0 aliphatic heterocycles. The Balaban J connectivity index is 1.42. The number of aryl methyl sites for hydroxylation is 1. The second kappa shape index (κ2) is 15.0. The zero-order valence-electron chi connectivity index (χ0n) is 30.4. The van der Waals surface area contributed by atoms with Crippen molar-refractivity contribution >= 4 is 0 Å². The maximum atomic E-state index is 12.0. The monoisotopic (exact) mass is 680 g/mol. The number of ether oxygens (including phenoxy) is 1. The maximum Gasteiger partial charge on any atom is 0.126 e. The van der Waals surface area contributed by atoms with E-state index in [2.05, 4.69) is 74.5 Å². The van der Waals surface area contributed by atoms with Gasteiger partial charge in [0.2, 0.25) is 0 Å². The van der Waals surface area contributed by atoms with Crippen LogP contribution in [0.25, 0.3) is 22.3 Å². The van der Waals surface area contributed by atoms with Gasteiger partial charge in [-0.1, -0.05) is 105 Å². The minimum absolute atomic E-state index is 0.231. The van der Waals surface area contributed by atoms with Crippen molar-refractivity contribution in [3.63, 3.8) is 0 Å². The van der Waals surface area contributed by atoms with Gasteiger partial charge in [0.25, 0.3) is 0 Å². The maximum absolute atomic E-state index is 12.0. The van der Waals surface area contributed by atoms with Gasteiger partial charge in [-0.15, -0.1) is 0 Å². The molecular formula is C47H52O4. The quantitative estimate of drug-likeness (QED) is 0.145. The molecule has 7 rings (SSSR count). The number of rotatable bonds is 9. The van der Waals surface area contributed by atoms with Crippen LogP contribution in [-0.4, -0.2) is 28.5 Å². The van der Waals surface area contributed by atoms with Crippen molar-refractivity contribution in [2.75, 3.05) is 7.11 Å². The van der Waals surface area contributed by atoms with Crippen molar-refractivity contribution < 1.29 is 20.1 Å². The fourth-order valence-corrected chi connectivity index (χ4v) is 9.02. The van der Waals surface area contributed by atoms with Gasteiger partial charge < -0.3 is 20.1 Å². The van der Waals surface area contributed by atoms with Crippen LogP contribution in [0.4, 0.5) is 0 Å². The smallest absolute Gasteiger partial charge is 0.126 e. The molecule has 0 spiro atoms. The molecule has 51 heavy (non-hydrogen) atoms. The molecule has 2 fully saturated rings. The van der Waals surface area contributed by atoms with E-state index in [-0.39, 0.29) is 11.5 Å². The molecule has 5 aromatic carbocycles. The largest absolute Gasteiger partial charge is 0.507 e. The number of aliphatic hydroxyl groups excluding tert-OH is 1. The minimum atomic E-state index is -0.292. The van der Waals surface area contributed by atoms with Crippen molar-refractivity contribution in [3.05, 3.63) is 137 Å². The Morgan fingerprint density at radius 2 is 1.27 bits per heavy atom. The molecule has 2 aliphatic carbocycles. The number of phenolic OH excluding ortho intramolecular Hbond substituents is 2. The summed E-state index contributed by atoms with van der Waals surface area (Å²) < 4.78 is 5.50. The fourth-order valence-electron chi connectivity index (χ4n) is 9.02. The first-order chi connectivity index (χ1) is 24.8. The summed E-state index contributed by atoms with van der Waals surface area (Å²) in [4.78, 5) is 0. The van der Waals surface area contributed by atoms with Crippen LogP contribution in [0.15, 0.2) is 103 Å². The highest BCUT2D eigenvalue weighted by Gasteiger charge is 2.38. The molecule has 0 aromatic heterocycles. The summed E-state index contributed by atoms with van der Waals surface area (Å²) in [6, 6.07) is 35.8. The number of hydrogen-bond acceptors (Lipinski definition) is 4. The molecule has 0 radical (unpaired) electrons. The van der Waals surface area contributed by atoms with Gasteiger partial charge in [0, 0.05) is 23.0 Å². The third kappa shape index (κ3) is 7.17. The van der Waals surface area contributed by atoms with E-state index in [0.29, 0.717) is 29.8 Å². The lowest BCUT2D eigenvalue weighted by Gasteiger charge is -2.40. The molecule has 0 heterocycles. The lowest BCUT2D eigenvalue weighted by Crippen LogP contribution is -2.31. The van der Waals surface area contributed by atoms with Crippen LogP contribution in [-0.2, 0) is 18.3 Å². The first-order valence-corrected chi connectivity index (χ1v) is 18.9. The van der Waals surface area contributed by atoms with Crippen molar-refractivity contribution in [1.82, 2.24) is 0 Å². The standard InChI is InChI=1S/C47H52O4/c1-31-23-41(48)19-17-35(31)25-37-27-39(29-43(45(37)49)33-13-7-4-8-14-33)47(21-11-6-12-22-47)40-28-38(26-36-18-20-42(51-3)24-32(36)2)46(50)44(30-40)34-15-9-5-10-16-34/h4-5,7-10,13-16,18,20,24,27-31,35,41,48-50H,6,11-12,17,19,21-23,25-26H2,1-3H3. The van der Waals surface area contributed by atoms with E-state index in [9.17, 15) is 15.3 Å². The molecule has 3 unspecified atom stereocenters. The van der Waals surface area contributed by atoms with Gasteiger partial charge in [0.05, 0.1) is 13.2 Å². The van der Waals surface area contributed by atoms with Crippen molar-refractivity contribution in [3.8, 4) is 39.5 Å². The van der Waals surface area contributed by atoms with E-state index in [1.165, 1.54) is 17.5 Å². The topological polar surface area (TPSA) is 69.9 Å². The lowest BCUT2D eigenvalue weighted by atomic mass is 9.63. The van der Waals surface area contributed by atoms with E-state index < -0.39 is 0 Å². The van der Waals surface area contributed by atoms with Crippen molar-refractivity contribution in [2.45, 2.75) is 89.6 Å². The van der Waals surface area contributed by atoms with Gasteiger partial charge in [-0.25, -0.2) is 0 Å². The van der Waals surface area contributed by atoms with Gasteiger partial charge in [0.1, 0.15) is 17.2 Å². The number of hydrogen-bond donors (Lipinski definition) is 3. The fraction of sp³-hybridized carbons (Fsp3) is 0.362. The predicted octanol–water partition coefficient (Wildman–Crippen LogP) is 10.9.